The van der Waals surface area contributed by atoms with Crippen molar-refractivity contribution in [2.45, 2.75) is 25.0 Å². The van der Waals surface area contributed by atoms with Crippen LogP contribution in [0.4, 0.5) is 5.69 Å². The van der Waals surface area contributed by atoms with Crippen LogP contribution in [0.5, 0.6) is 5.75 Å². The summed E-state index contributed by atoms with van der Waals surface area (Å²) in [6.07, 6.45) is 4.80. The fourth-order valence-electron chi connectivity index (χ4n) is 5.02. The molecular weight excluding hydrogens is 374 g/mol. The van der Waals surface area contributed by atoms with Crippen LogP contribution in [0.1, 0.15) is 23.6 Å². The van der Waals surface area contributed by atoms with E-state index < -0.39 is 0 Å². The number of fused-ring (bicyclic) bond motifs is 3. The Kier molecular flexibility index (Phi) is 5.15. The molecule has 1 fully saturated rings. The number of hydrogen-bond acceptors (Lipinski definition) is 5. The largest absolute Gasteiger partial charge is 0.497 e. The molecule has 2 aliphatic heterocycles. The van der Waals surface area contributed by atoms with Gasteiger partial charge >= 0.3 is 0 Å². The molecular formula is C25H27N3O2. The molecule has 0 radical (unpaired) electrons. The molecule has 5 heteroatoms. The lowest BCUT2D eigenvalue weighted by molar-refractivity contribution is 0.172. The monoisotopic (exact) mass is 401 g/mol. The Labute approximate surface area is 177 Å². The number of likely N-dealkylation sites (tertiary alicyclic amines) is 1. The average Bonchev–Trinajstić information content (AvgIpc) is 3.23. The lowest BCUT2D eigenvalue weighted by atomic mass is 9.82. The molecule has 0 aliphatic carbocycles. The molecule has 154 valence electrons. The van der Waals surface area contributed by atoms with Crippen LogP contribution >= 0.6 is 0 Å². The topological polar surface area (TPSA) is 57.6 Å². The van der Waals surface area contributed by atoms with E-state index in [0.717, 1.165) is 30.9 Å². The predicted molar refractivity (Wildman–Crippen MR) is 118 cm³/mol. The maximum absolute atomic E-state index is 10.0. The average molecular weight is 402 g/mol. The van der Waals surface area contributed by atoms with Crippen molar-refractivity contribution in [2.75, 3.05) is 25.6 Å². The Bertz CT molecular complexity index is 1010. The molecule has 1 aromatic heterocycles. The molecule has 2 aromatic carbocycles. The zero-order valence-electron chi connectivity index (χ0n) is 17.2. The smallest absolute Gasteiger partial charge is 0.118 e. The third kappa shape index (κ3) is 3.44. The molecule has 2 aliphatic rings. The van der Waals surface area contributed by atoms with Crippen molar-refractivity contribution in [1.82, 2.24) is 9.88 Å². The highest BCUT2D eigenvalue weighted by Gasteiger charge is 2.43. The summed E-state index contributed by atoms with van der Waals surface area (Å²) in [7, 11) is 1.69. The van der Waals surface area contributed by atoms with Crippen LogP contribution in [-0.2, 0) is 6.54 Å². The van der Waals surface area contributed by atoms with Crippen LogP contribution in [0.15, 0.2) is 67.0 Å². The number of nitrogens with zero attached hydrogens (tertiary/aromatic N) is 2. The summed E-state index contributed by atoms with van der Waals surface area (Å²) in [6.45, 7) is 2.08. The van der Waals surface area contributed by atoms with Crippen molar-refractivity contribution in [2.24, 2.45) is 5.92 Å². The summed E-state index contributed by atoms with van der Waals surface area (Å²) < 4.78 is 5.30. The second-order valence-corrected chi connectivity index (χ2v) is 8.19. The first-order valence-electron chi connectivity index (χ1n) is 10.6. The number of methoxy groups -OCH3 is 1. The molecule has 0 spiro atoms. The summed E-state index contributed by atoms with van der Waals surface area (Å²) in [5.74, 6) is 1.26. The molecule has 5 nitrogen and oxygen atoms in total. The maximum Gasteiger partial charge on any atom is 0.118 e. The minimum absolute atomic E-state index is 0.0942. The molecule has 3 atom stereocenters. The van der Waals surface area contributed by atoms with Gasteiger partial charge in [0.05, 0.1) is 19.8 Å². The summed E-state index contributed by atoms with van der Waals surface area (Å²) in [4.78, 5) is 6.71. The Morgan fingerprint density at radius 2 is 1.83 bits per heavy atom. The summed E-state index contributed by atoms with van der Waals surface area (Å²) >= 11 is 0. The minimum atomic E-state index is 0.0942. The van der Waals surface area contributed by atoms with Gasteiger partial charge in [-0.25, -0.2) is 0 Å². The van der Waals surface area contributed by atoms with Gasteiger partial charge in [-0.2, -0.15) is 0 Å². The van der Waals surface area contributed by atoms with E-state index in [9.17, 15) is 5.11 Å². The first-order valence-corrected chi connectivity index (χ1v) is 10.6. The Morgan fingerprint density at radius 1 is 1.07 bits per heavy atom. The summed E-state index contributed by atoms with van der Waals surface area (Å²) in [5.41, 5.74) is 6.12. The van der Waals surface area contributed by atoms with Gasteiger partial charge in [0, 0.05) is 36.6 Å². The summed E-state index contributed by atoms with van der Waals surface area (Å²) in [5, 5.41) is 13.6. The molecule has 3 heterocycles. The number of ether oxygens (including phenoxy) is 1. The molecule has 0 amide bonds. The molecule has 3 aromatic rings. The molecule has 2 N–H and O–H groups in total. The number of aliphatic hydroxyl groups is 1. The highest BCUT2D eigenvalue weighted by Crippen LogP contribution is 2.47. The highest BCUT2D eigenvalue weighted by molar-refractivity contribution is 5.70. The standard InChI is InChI=1S/C25H27N3O2/c1-30-20-5-2-18(3-6-20)19-4-7-23-22(14-19)25-21(24(16-29)27-23)10-13-28(25)15-17-8-11-26-12-9-17/h2-9,11-12,14,21,24-25,27,29H,10,13,15-16H2,1H3/t21-,24-,25-/m0/s1. The quantitative estimate of drug-likeness (QED) is 0.674. The van der Waals surface area contributed by atoms with Crippen LogP contribution in [0, 0.1) is 5.92 Å². The Balaban J connectivity index is 1.51. The second-order valence-electron chi connectivity index (χ2n) is 8.19. The van der Waals surface area contributed by atoms with Gasteiger partial charge in [-0.3, -0.25) is 9.88 Å². The van der Waals surface area contributed by atoms with E-state index in [1.165, 1.54) is 22.3 Å². The highest BCUT2D eigenvalue weighted by atomic mass is 16.5. The fraction of sp³-hybridized carbons (Fsp3) is 0.320. The first-order chi connectivity index (χ1) is 14.8. The van der Waals surface area contributed by atoms with Crippen LogP contribution in [0.2, 0.25) is 0 Å². The zero-order chi connectivity index (χ0) is 20.5. The van der Waals surface area contributed by atoms with Crippen molar-refractivity contribution in [1.29, 1.82) is 0 Å². The van der Waals surface area contributed by atoms with Gasteiger partial charge in [-0.15, -0.1) is 0 Å². The van der Waals surface area contributed by atoms with Crippen molar-refractivity contribution in [3.63, 3.8) is 0 Å². The van der Waals surface area contributed by atoms with Crippen molar-refractivity contribution in [3.8, 4) is 16.9 Å². The number of aliphatic hydroxyl groups excluding tert-OH is 1. The van der Waals surface area contributed by atoms with E-state index in [2.05, 4.69) is 57.7 Å². The Hall–Kier alpha value is -2.89. The van der Waals surface area contributed by atoms with Gasteiger partial charge in [0.2, 0.25) is 0 Å². The van der Waals surface area contributed by atoms with E-state index in [1.54, 1.807) is 7.11 Å². The van der Waals surface area contributed by atoms with Crippen LogP contribution in [-0.4, -0.2) is 41.3 Å². The third-order valence-corrected chi connectivity index (χ3v) is 6.53. The summed E-state index contributed by atoms with van der Waals surface area (Å²) in [6, 6.07) is 19.4. The Morgan fingerprint density at radius 3 is 2.57 bits per heavy atom. The maximum atomic E-state index is 10.0. The van der Waals surface area contributed by atoms with E-state index in [4.69, 9.17) is 4.74 Å². The van der Waals surface area contributed by atoms with Gasteiger partial charge in [0.1, 0.15) is 5.75 Å². The normalized spacial score (nSPS) is 22.8. The van der Waals surface area contributed by atoms with Crippen molar-refractivity contribution >= 4 is 5.69 Å². The molecule has 1 saturated heterocycles. The molecule has 0 saturated carbocycles. The number of hydrogen-bond donors (Lipinski definition) is 2. The molecule has 30 heavy (non-hydrogen) atoms. The van der Waals surface area contributed by atoms with Crippen LogP contribution < -0.4 is 10.1 Å². The lowest BCUT2D eigenvalue weighted by Crippen LogP contribution is -2.41. The number of aromatic nitrogens is 1. The SMILES string of the molecule is COc1ccc(-c2ccc3c(c2)[C@@H]2[C@@H](CCN2Cc2ccncc2)[C@H](CO)N3)cc1. The van der Waals surface area contributed by atoms with E-state index in [1.807, 2.05) is 24.5 Å². The molecule has 5 rings (SSSR count). The van der Waals surface area contributed by atoms with E-state index >= 15 is 0 Å². The van der Waals surface area contributed by atoms with Gasteiger partial charge in [-0.1, -0.05) is 18.2 Å². The van der Waals surface area contributed by atoms with Crippen LogP contribution in [0.25, 0.3) is 11.1 Å². The number of benzene rings is 2. The van der Waals surface area contributed by atoms with Gasteiger partial charge in [0.15, 0.2) is 0 Å². The van der Waals surface area contributed by atoms with Crippen molar-refractivity contribution < 1.29 is 9.84 Å². The zero-order valence-corrected chi connectivity index (χ0v) is 17.2. The number of nitrogens with one attached hydrogen (secondary N) is 1. The predicted octanol–water partition coefficient (Wildman–Crippen LogP) is 4.11. The minimum Gasteiger partial charge on any atom is -0.497 e. The fourth-order valence-corrected chi connectivity index (χ4v) is 5.02. The first kappa shape index (κ1) is 19.1. The lowest BCUT2D eigenvalue weighted by Gasteiger charge is -2.39. The van der Waals surface area contributed by atoms with Gasteiger partial charge in [-0.05, 0) is 71.6 Å². The van der Waals surface area contributed by atoms with Gasteiger partial charge in [0.25, 0.3) is 0 Å². The van der Waals surface area contributed by atoms with Crippen LogP contribution in [0.3, 0.4) is 0 Å². The van der Waals surface area contributed by atoms with Gasteiger partial charge < -0.3 is 15.2 Å². The number of pyridine rings is 1. The number of anilines is 1. The van der Waals surface area contributed by atoms with E-state index in [-0.39, 0.29) is 12.6 Å². The molecule has 0 bridgehead atoms. The third-order valence-electron chi connectivity index (χ3n) is 6.53. The van der Waals surface area contributed by atoms with Crippen molar-refractivity contribution in [3.05, 3.63) is 78.1 Å². The second kappa shape index (κ2) is 8.09. The van der Waals surface area contributed by atoms with E-state index in [0.29, 0.717) is 12.0 Å². The number of rotatable bonds is 5. The molecule has 0 unspecified atom stereocenters.